The van der Waals surface area contributed by atoms with E-state index in [1.165, 1.54) is 0 Å². The third-order valence-corrected chi connectivity index (χ3v) is 1.76. The lowest BCUT2D eigenvalue weighted by molar-refractivity contribution is -0.117. The predicted molar refractivity (Wildman–Crippen MR) is 89.0 cm³/mol. The number of hydrogen-bond acceptors (Lipinski definition) is 4. The largest absolute Gasteiger partial charge is 0.396 e. The quantitative estimate of drug-likeness (QED) is 0.704. The van der Waals surface area contributed by atoms with Gasteiger partial charge >= 0.3 is 0 Å². The van der Waals surface area contributed by atoms with Crippen LogP contribution in [-0.4, -0.2) is 42.8 Å². The Morgan fingerprint density at radius 1 is 1.00 bits per heavy atom. The van der Waals surface area contributed by atoms with Crippen LogP contribution in [0.2, 0.25) is 0 Å². The van der Waals surface area contributed by atoms with E-state index < -0.39 is 0 Å². The Balaban J connectivity index is -0.0000000913. The van der Waals surface area contributed by atoms with E-state index in [0.717, 1.165) is 12.8 Å². The van der Waals surface area contributed by atoms with Crippen LogP contribution in [0.1, 0.15) is 61.3 Å². The molecule has 0 saturated carbocycles. The molecule has 0 fully saturated rings. The molecule has 0 aliphatic heterocycles. The summed E-state index contributed by atoms with van der Waals surface area (Å²) in [4.78, 5) is 10.3. The lowest BCUT2D eigenvalue weighted by Gasteiger charge is -1.95. The van der Waals surface area contributed by atoms with Gasteiger partial charge in [0.15, 0.2) is 0 Å². The number of aliphatic hydroxyl groups excluding tert-OH is 2. The van der Waals surface area contributed by atoms with Gasteiger partial charge in [-0.05, 0) is 32.2 Å². The molecule has 0 unspecified atom stereocenters. The van der Waals surface area contributed by atoms with E-state index in [2.05, 4.69) is 19.2 Å². The topological polar surface area (TPSA) is 69.6 Å². The molecule has 3 N–H and O–H groups in total. The van der Waals surface area contributed by atoms with Gasteiger partial charge in [0.2, 0.25) is 0 Å². The molecule has 20 heavy (non-hydrogen) atoms. The summed E-state index contributed by atoms with van der Waals surface area (Å²) in [6.45, 7) is 15.2. The first kappa shape index (κ1) is 27.8. The van der Waals surface area contributed by atoms with Crippen LogP contribution in [0.3, 0.4) is 0 Å². The Kier molecular flexibility index (Phi) is 37.5. The van der Waals surface area contributed by atoms with E-state index in [1.807, 2.05) is 27.7 Å². The molecule has 0 aromatic rings. The SMILES string of the molecule is CC.CC(=O)CC(C)C.CC(C)CCO.CNCCO. The first-order valence-corrected chi connectivity index (χ1v) is 7.67. The number of hydrogen-bond donors (Lipinski definition) is 3. The van der Waals surface area contributed by atoms with Crippen molar-refractivity contribution in [3.05, 3.63) is 0 Å². The van der Waals surface area contributed by atoms with E-state index in [0.29, 0.717) is 25.0 Å². The molecule has 0 aromatic heterocycles. The zero-order chi connectivity index (χ0) is 17.0. The number of nitrogens with one attached hydrogen (secondary N) is 1. The minimum absolute atomic E-state index is 0.233. The van der Waals surface area contributed by atoms with Gasteiger partial charge in [-0.3, -0.25) is 0 Å². The van der Waals surface area contributed by atoms with Crippen molar-refractivity contribution in [3.63, 3.8) is 0 Å². The number of carbonyl (C=O) groups excluding carboxylic acids is 1. The van der Waals surface area contributed by atoms with Gasteiger partial charge in [-0.15, -0.1) is 0 Å². The molecule has 0 aliphatic rings. The highest BCUT2D eigenvalue weighted by molar-refractivity contribution is 5.75. The second kappa shape index (κ2) is 27.0. The Labute approximate surface area is 127 Å². The van der Waals surface area contributed by atoms with Gasteiger partial charge in [-0.25, -0.2) is 0 Å². The molecule has 4 nitrogen and oxygen atoms in total. The van der Waals surface area contributed by atoms with Crippen molar-refractivity contribution in [3.8, 4) is 0 Å². The van der Waals surface area contributed by atoms with Gasteiger partial charge in [0.05, 0.1) is 6.61 Å². The van der Waals surface area contributed by atoms with E-state index in [9.17, 15) is 4.79 Å². The normalized spacial score (nSPS) is 8.80. The Bertz CT molecular complexity index is 158. The van der Waals surface area contributed by atoms with Crippen molar-refractivity contribution in [1.29, 1.82) is 0 Å². The summed E-state index contributed by atoms with van der Waals surface area (Å²) in [6, 6.07) is 0. The third-order valence-electron chi connectivity index (χ3n) is 1.76. The average Bonchev–Trinajstić information content (AvgIpc) is 2.32. The number of rotatable bonds is 6. The van der Waals surface area contributed by atoms with E-state index in [1.54, 1.807) is 14.0 Å². The molecular weight excluding hydrogens is 254 g/mol. The first-order chi connectivity index (χ1) is 9.31. The molecule has 0 heterocycles. The zero-order valence-electron chi connectivity index (χ0n) is 15.0. The van der Waals surface area contributed by atoms with Gasteiger partial charge in [-0.2, -0.15) is 0 Å². The fourth-order valence-electron chi connectivity index (χ4n) is 0.945. The molecule has 0 rings (SSSR count). The number of ketones is 1. The number of aliphatic hydroxyl groups is 2. The van der Waals surface area contributed by atoms with Crippen molar-refractivity contribution < 1.29 is 15.0 Å². The summed E-state index contributed by atoms with van der Waals surface area (Å²) in [5, 5.41) is 19.0. The van der Waals surface area contributed by atoms with Crippen LogP contribution in [0.4, 0.5) is 0 Å². The van der Waals surface area contributed by atoms with E-state index >= 15 is 0 Å². The molecule has 0 aromatic carbocycles. The molecule has 0 amide bonds. The minimum Gasteiger partial charge on any atom is -0.396 e. The Hall–Kier alpha value is -0.450. The monoisotopic (exact) mass is 293 g/mol. The van der Waals surface area contributed by atoms with Gasteiger partial charge in [-0.1, -0.05) is 41.5 Å². The summed E-state index contributed by atoms with van der Waals surface area (Å²) >= 11 is 0. The van der Waals surface area contributed by atoms with Crippen LogP contribution in [-0.2, 0) is 4.79 Å². The fourth-order valence-corrected chi connectivity index (χ4v) is 0.945. The molecule has 0 atom stereocenters. The summed E-state index contributed by atoms with van der Waals surface area (Å²) in [6.07, 6.45) is 1.65. The lowest BCUT2D eigenvalue weighted by Crippen LogP contribution is -2.10. The van der Waals surface area contributed by atoms with Gasteiger partial charge in [0.25, 0.3) is 0 Å². The maximum absolute atomic E-state index is 10.3. The maximum atomic E-state index is 10.3. The Morgan fingerprint density at radius 2 is 1.45 bits per heavy atom. The molecule has 126 valence electrons. The van der Waals surface area contributed by atoms with Crippen LogP contribution in [0.25, 0.3) is 0 Å². The number of Topliss-reactive ketones (excluding diaryl/α,β-unsaturated/α-hetero) is 1. The van der Waals surface area contributed by atoms with Crippen molar-refractivity contribution >= 4 is 5.78 Å². The number of likely N-dealkylation sites (N-methyl/N-ethyl adjacent to an activating group) is 1. The lowest BCUT2D eigenvalue weighted by atomic mass is 10.1. The predicted octanol–water partition coefficient (Wildman–Crippen LogP) is 2.87. The molecule has 0 aliphatic carbocycles. The smallest absolute Gasteiger partial charge is 0.130 e. The molecule has 0 radical (unpaired) electrons. The Morgan fingerprint density at radius 3 is 1.45 bits per heavy atom. The standard InChI is InChI=1S/C6H12O.C5H12O.C3H9NO.C2H6/c1-5(2)4-6(3)7;1-5(2)3-4-6;1-4-2-3-5;1-2/h5H,4H2,1-3H3;5-6H,3-4H2,1-2H3;4-5H,2-3H2,1H3;1-2H3. The van der Waals surface area contributed by atoms with Gasteiger partial charge in [0.1, 0.15) is 5.78 Å². The van der Waals surface area contributed by atoms with Crippen LogP contribution < -0.4 is 5.32 Å². The molecular formula is C16H39NO3. The third kappa shape index (κ3) is 65.8. The molecule has 4 heteroatoms. The fraction of sp³-hybridized carbons (Fsp3) is 0.938. The van der Waals surface area contributed by atoms with Crippen LogP contribution >= 0.6 is 0 Å². The first-order valence-electron chi connectivity index (χ1n) is 7.67. The van der Waals surface area contributed by atoms with Gasteiger partial charge < -0.3 is 20.3 Å². The van der Waals surface area contributed by atoms with E-state index in [-0.39, 0.29) is 12.4 Å². The second-order valence-corrected chi connectivity index (χ2v) is 5.03. The maximum Gasteiger partial charge on any atom is 0.130 e. The summed E-state index contributed by atoms with van der Waals surface area (Å²) in [5.41, 5.74) is 0. The number of carbonyl (C=O) groups is 1. The van der Waals surface area contributed by atoms with Gasteiger partial charge in [0, 0.05) is 19.6 Å². The van der Waals surface area contributed by atoms with E-state index in [4.69, 9.17) is 10.2 Å². The van der Waals surface area contributed by atoms with Crippen molar-refractivity contribution in [2.45, 2.75) is 61.3 Å². The molecule has 0 saturated heterocycles. The average molecular weight is 293 g/mol. The highest BCUT2D eigenvalue weighted by Gasteiger charge is 1.95. The zero-order valence-corrected chi connectivity index (χ0v) is 15.0. The highest BCUT2D eigenvalue weighted by Crippen LogP contribution is 1.97. The van der Waals surface area contributed by atoms with Crippen molar-refractivity contribution in [2.24, 2.45) is 11.8 Å². The van der Waals surface area contributed by atoms with Crippen LogP contribution in [0.5, 0.6) is 0 Å². The molecule has 0 spiro atoms. The van der Waals surface area contributed by atoms with Crippen LogP contribution in [0.15, 0.2) is 0 Å². The summed E-state index contributed by atoms with van der Waals surface area (Å²) in [5.74, 6) is 1.46. The van der Waals surface area contributed by atoms with Crippen molar-refractivity contribution in [2.75, 3.05) is 26.8 Å². The minimum atomic E-state index is 0.233. The summed E-state index contributed by atoms with van der Waals surface area (Å²) in [7, 11) is 1.80. The highest BCUT2D eigenvalue weighted by atomic mass is 16.3. The summed E-state index contributed by atoms with van der Waals surface area (Å²) < 4.78 is 0. The molecule has 0 bridgehead atoms. The van der Waals surface area contributed by atoms with Crippen LogP contribution in [0, 0.1) is 11.8 Å². The van der Waals surface area contributed by atoms with Crippen molar-refractivity contribution in [1.82, 2.24) is 5.32 Å². The second-order valence-electron chi connectivity index (χ2n) is 5.03.